The number of allylic oxidation sites excluding steroid dienone is 4. The molecule has 0 aromatic heterocycles. The molecular weight excluding hydrogens is 336 g/mol. The fraction of sp³-hybridized carbons (Fsp3) is 0.652. The Morgan fingerprint density at radius 3 is 2.77 bits per heavy atom. The first-order valence-electron chi connectivity index (χ1n) is 9.92. The highest BCUT2D eigenvalue weighted by atomic mass is 28.1. The summed E-state index contributed by atoms with van der Waals surface area (Å²) in [4.78, 5) is 0. The van der Waals surface area contributed by atoms with Gasteiger partial charge in [-0.05, 0) is 66.9 Å². The number of hydrogen-bond donors (Lipinski definition) is 2. The van der Waals surface area contributed by atoms with Crippen LogP contribution >= 0.6 is 0 Å². The third-order valence-electron chi connectivity index (χ3n) is 8.37. The van der Waals surface area contributed by atoms with Crippen molar-refractivity contribution in [3.05, 3.63) is 35.6 Å². The molecule has 0 aromatic rings. The highest BCUT2D eigenvalue weighted by Gasteiger charge is 2.61. The van der Waals surface area contributed by atoms with E-state index in [1.54, 1.807) is 0 Å². The molecule has 0 heterocycles. The summed E-state index contributed by atoms with van der Waals surface area (Å²) in [5.41, 5.74) is 4.23. The molecule has 137 valence electrons. The smallest absolute Gasteiger partial charge is 0.147 e. The van der Waals surface area contributed by atoms with Gasteiger partial charge < -0.3 is 10.2 Å². The van der Waals surface area contributed by atoms with Crippen LogP contribution in [-0.2, 0) is 0 Å². The molecule has 3 heteroatoms. The van der Waals surface area contributed by atoms with Gasteiger partial charge in [0, 0.05) is 18.3 Å². The van der Waals surface area contributed by atoms with E-state index in [0.29, 0.717) is 29.9 Å². The molecule has 26 heavy (non-hydrogen) atoms. The SMILES string of the molecule is C=C1C[C@H]2[C@@H]3CC=C4C=C(O)CC[C@]4(C)[C@H]3CC[C@]2(C)[C@](O)(C#C[Si])C1. The van der Waals surface area contributed by atoms with Crippen LogP contribution in [0.5, 0.6) is 0 Å². The van der Waals surface area contributed by atoms with Crippen molar-refractivity contribution >= 4 is 10.2 Å². The average Bonchev–Trinajstić information content (AvgIpc) is 2.57. The normalized spacial score (nSPS) is 47.4. The number of hydrogen-bond acceptors (Lipinski definition) is 2. The summed E-state index contributed by atoms with van der Waals surface area (Å²) < 4.78 is 0. The third kappa shape index (κ3) is 2.35. The Morgan fingerprint density at radius 1 is 1.27 bits per heavy atom. The highest BCUT2D eigenvalue weighted by molar-refractivity contribution is 6.22. The van der Waals surface area contributed by atoms with Gasteiger partial charge in [0.05, 0.1) is 5.76 Å². The zero-order valence-electron chi connectivity index (χ0n) is 15.9. The van der Waals surface area contributed by atoms with Crippen molar-refractivity contribution in [3.63, 3.8) is 0 Å². The van der Waals surface area contributed by atoms with Crippen LogP contribution in [0.2, 0.25) is 0 Å². The summed E-state index contributed by atoms with van der Waals surface area (Å²) in [5, 5.41) is 21.5. The monoisotopic (exact) mass is 365 g/mol. The van der Waals surface area contributed by atoms with Gasteiger partial charge in [-0.2, -0.15) is 0 Å². The third-order valence-corrected chi connectivity index (χ3v) is 8.49. The first-order chi connectivity index (χ1) is 12.2. The summed E-state index contributed by atoms with van der Waals surface area (Å²) in [6, 6.07) is 0. The predicted molar refractivity (Wildman–Crippen MR) is 105 cm³/mol. The maximum Gasteiger partial charge on any atom is 0.147 e. The Bertz CT molecular complexity index is 769. The van der Waals surface area contributed by atoms with E-state index in [-0.39, 0.29) is 10.8 Å². The van der Waals surface area contributed by atoms with Crippen molar-refractivity contribution in [2.75, 3.05) is 0 Å². The Hall–Kier alpha value is -1.24. The molecule has 2 saturated carbocycles. The second-order valence-electron chi connectivity index (χ2n) is 9.52. The molecule has 4 rings (SSSR count). The average molecular weight is 366 g/mol. The first-order valence-corrected chi connectivity index (χ1v) is 10.4. The van der Waals surface area contributed by atoms with Crippen molar-refractivity contribution in [3.8, 4) is 11.5 Å². The maximum absolute atomic E-state index is 11.5. The van der Waals surface area contributed by atoms with E-state index in [1.807, 2.05) is 6.08 Å². The van der Waals surface area contributed by atoms with Gasteiger partial charge in [0.1, 0.15) is 15.8 Å². The van der Waals surface area contributed by atoms with Crippen LogP contribution < -0.4 is 0 Å². The van der Waals surface area contributed by atoms with Crippen molar-refractivity contribution in [1.29, 1.82) is 0 Å². The van der Waals surface area contributed by atoms with Gasteiger partial charge in [-0.3, -0.25) is 0 Å². The number of aliphatic hydroxyl groups excluding tert-OH is 1. The Balaban J connectivity index is 1.76. The van der Waals surface area contributed by atoms with Crippen molar-refractivity contribution in [2.45, 2.75) is 64.4 Å². The van der Waals surface area contributed by atoms with E-state index in [4.69, 9.17) is 0 Å². The van der Waals surface area contributed by atoms with E-state index in [9.17, 15) is 10.2 Å². The van der Waals surface area contributed by atoms with E-state index in [2.05, 4.69) is 48.2 Å². The lowest BCUT2D eigenvalue weighted by molar-refractivity contribution is -0.145. The molecule has 2 N–H and O–H groups in total. The Labute approximate surface area is 160 Å². The molecule has 0 saturated heterocycles. The topological polar surface area (TPSA) is 40.5 Å². The van der Waals surface area contributed by atoms with Crippen LogP contribution in [0.15, 0.2) is 35.6 Å². The lowest BCUT2D eigenvalue weighted by atomic mass is 9.43. The molecule has 6 atom stereocenters. The summed E-state index contributed by atoms with van der Waals surface area (Å²) >= 11 is 0. The van der Waals surface area contributed by atoms with Crippen molar-refractivity contribution in [1.82, 2.24) is 0 Å². The fourth-order valence-electron chi connectivity index (χ4n) is 6.76. The van der Waals surface area contributed by atoms with Gasteiger partial charge in [0.25, 0.3) is 0 Å². The van der Waals surface area contributed by atoms with Gasteiger partial charge in [0.15, 0.2) is 0 Å². The van der Waals surface area contributed by atoms with E-state index in [0.717, 1.165) is 44.1 Å². The minimum atomic E-state index is -0.991. The summed E-state index contributed by atoms with van der Waals surface area (Å²) in [6.45, 7) is 8.91. The van der Waals surface area contributed by atoms with Gasteiger partial charge in [0.2, 0.25) is 0 Å². The largest absolute Gasteiger partial charge is 0.512 e. The quantitative estimate of drug-likeness (QED) is 0.379. The lowest BCUT2D eigenvalue weighted by Gasteiger charge is -2.62. The fourth-order valence-corrected chi connectivity index (χ4v) is 6.96. The maximum atomic E-state index is 11.5. The number of aliphatic hydroxyl groups is 2. The van der Waals surface area contributed by atoms with Crippen LogP contribution in [-0.4, -0.2) is 26.1 Å². The molecule has 4 aliphatic carbocycles. The summed E-state index contributed by atoms with van der Waals surface area (Å²) in [7, 11) is 3.27. The van der Waals surface area contributed by atoms with E-state index < -0.39 is 5.60 Å². The predicted octanol–water partition coefficient (Wildman–Crippen LogP) is 4.42. The Morgan fingerprint density at radius 2 is 2.04 bits per heavy atom. The Kier molecular flexibility index (Phi) is 4.10. The first kappa shape index (κ1) is 18.1. The van der Waals surface area contributed by atoms with Crippen LogP contribution in [0, 0.1) is 40.0 Å². The molecule has 2 fully saturated rings. The summed E-state index contributed by atoms with van der Waals surface area (Å²) in [5.74, 6) is 5.20. The lowest BCUT2D eigenvalue weighted by Crippen LogP contribution is -2.60. The number of fused-ring (bicyclic) bond motifs is 5. The van der Waals surface area contributed by atoms with Gasteiger partial charge in [-0.1, -0.05) is 38.0 Å². The van der Waals surface area contributed by atoms with Gasteiger partial charge in [-0.25, -0.2) is 0 Å². The molecule has 0 unspecified atom stereocenters. The van der Waals surface area contributed by atoms with Crippen molar-refractivity contribution in [2.24, 2.45) is 28.6 Å². The van der Waals surface area contributed by atoms with Crippen LogP contribution in [0.3, 0.4) is 0 Å². The minimum Gasteiger partial charge on any atom is -0.512 e. The van der Waals surface area contributed by atoms with E-state index in [1.165, 1.54) is 5.57 Å². The molecule has 0 aliphatic heterocycles. The standard InChI is InChI=1S/C23H29O2Si/c1-15-12-20-18-5-4-16-13-17(24)6-8-21(16,2)19(18)7-9-22(20,3)23(25,14-15)10-11-26/h4,13,18-20,24-25H,1,5-9,12,14H2,2-3H3/t18-,19+,20+,21+,22+,23+/m1/s1. The van der Waals surface area contributed by atoms with Gasteiger partial charge >= 0.3 is 0 Å². The zero-order chi connectivity index (χ0) is 18.7. The molecule has 3 radical (unpaired) electrons. The second kappa shape index (κ2) is 5.88. The molecule has 0 bridgehead atoms. The molecule has 0 aromatic carbocycles. The van der Waals surface area contributed by atoms with E-state index >= 15 is 0 Å². The molecule has 0 amide bonds. The minimum absolute atomic E-state index is 0.147. The summed E-state index contributed by atoms with van der Waals surface area (Å²) in [6.07, 6.45) is 10.9. The molecule has 4 aliphatic rings. The number of rotatable bonds is 0. The molecule has 2 nitrogen and oxygen atoms in total. The second-order valence-corrected chi connectivity index (χ2v) is 9.77. The highest BCUT2D eigenvalue weighted by Crippen LogP contribution is 2.65. The van der Waals surface area contributed by atoms with Crippen LogP contribution in [0.1, 0.15) is 58.8 Å². The molecule has 0 spiro atoms. The van der Waals surface area contributed by atoms with Crippen LogP contribution in [0.4, 0.5) is 0 Å². The molecular formula is C23H29O2Si. The van der Waals surface area contributed by atoms with Crippen molar-refractivity contribution < 1.29 is 10.2 Å². The van der Waals surface area contributed by atoms with Crippen LogP contribution in [0.25, 0.3) is 0 Å². The van der Waals surface area contributed by atoms with Gasteiger partial charge in [-0.15, -0.1) is 5.54 Å². The zero-order valence-corrected chi connectivity index (χ0v) is 16.9.